The first kappa shape index (κ1) is 12.9. The predicted molar refractivity (Wildman–Crippen MR) is 75.1 cm³/mol. The molecule has 0 atom stereocenters. The Morgan fingerprint density at radius 1 is 1.17 bits per heavy atom. The molecular formula is C14H14BrNO2. The largest absolute Gasteiger partial charge is 0.492 e. The topological polar surface area (TPSA) is 31.2 Å². The maximum absolute atomic E-state index is 11.6. The molecule has 18 heavy (non-hydrogen) atoms. The summed E-state index contributed by atoms with van der Waals surface area (Å²) in [5.41, 5.74) is 0.955. The van der Waals surface area contributed by atoms with Crippen molar-refractivity contribution in [2.75, 3.05) is 6.61 Å². The number of aryl methyl sites for hydroxylation is 1. The Kier molecular flexibility index (Phi) is 4.20. The minimum absolute atomic E-state index is 0.00871. The van der Waals surface area contributed by atoms with E-state index < -0.39 is 0 Å². The summed E-state index contributed by atoms with van der Waals surface area (Å²) < 4.78 is 8.32. The molecule has 0 aliphatic rings. The van der Waals surface area contributed by atoms with Gasteiger partial charge < -0.3 is 9.30 Å². The molecule has 0 unspecified atom stereocenters. The summed E-state index contributed by atoms with van der Waals surface area (Å²) in [6, 6.07) is 12.9. The van der Waals surface area contributed by atoms with Gasteiger partial charge in [-0.3, -0.25) is 4.79 Å². The first-order valence-corrected chi connectivity index (χ1v) is 6.51. The van der Waals surface area contributed by atoms with Gasteiger partial charge in [-0.25, -0.2) is 0 Å². The van der Waals surface area contributed by atoms with Crippen LogP contribution in [0.25, 0.3) is 0 Å². The van der Waals surface area contributed by atoms with Crippen LogP contribution in [0, 0.1) is 6.92 Å². The number of hydrogen-bond donors (Lipinski definition) is 0. The van der Waals surface area contributed by atoms with Crippen LogP contribution < -0.4 is 10.3 Å². The van der Waals surface area contributed by atoms with E-state index in [1.165, 1.54) is 0 Å². The number of benzene rings is 1. The zero-order chi connectivity index (χ0) is 13.0. The molecule has 0 saturated carbocycles. The second kappa shape index (κ2) is 5.87. The molecule has 0 aliphatic heterocycles. The molecule has 2 aromatic rings. The summed E-state index contributed by atoms with van der Waals surface area (Å²) in [6.45, 7) is 2.95. The lowest BCUT2D eigenvalue weighted by Crippen LogP contribution is -2.23. The van der Waals surface area contributed by atoms with Crippen LogP contribution in [-0.4, -0.2) is 11.2 Å². The predicted octanol–water partition coefficient (Wildman–Crippen LogP) is 3.00. The van der Waals surface area contributed by atoms with E-state index in [1.807, 2.05) is 37.3 Å². The molecule has 2 rings (SSSR count). The lowest BCUT2D eigenvalue weighted by molar-refractivity contribution is 0.295. The van der Waals surface area contributed by atoms with Crippen molar-refractivity contribution in [3.8, 4) is 5.75 Å². The number of rotatable bonds is 4. The Balaban J connectivity index is 1.96. The highest BCUT2D eigenvalue weighted by atomic mass is 79.9. The summed E-state index contributed by atoms with van der Waals surface area (Å²) in [4.78, 5) is 11.6. The number of nitrogens with zero attached hydrogens (tertiary/aromatic N) is 1. The minimum Gasteiger partial charge on any atom is -0.492 e. The third-order valence-corrected chi connectivity index (χ3v) is 3.19. The third-order valence-electron chi connectivity index (χ3n) is 2.67. The van der Waals surface area contributed by atoms with E-state index in [2.05, 4.69) is 15.9 Å². The van der Waals surface area contributed by atoms with E-state index in [9.17, 15) is 4.79 Å². The van der Waals surface area contributed by atoms with Crippen LogP contribution in [-0.2, 0) is 6.54 Å². The molecule has 0 fully saturated rings. The fourth-order valence-corrected chi connectivity index (χ4v) is 1.96. The van der Waals surface area contributed by atoms with Crippen LogP contribution >= 0.6 is 15.9 Å². The van der Waals surface area contributed by atoms with E-state index in [0.29, 0.717) is 13.2 Å². The molecule has 4 heteroatoms. The standard InChI is InChI=1S/C14H14BrNO2/c1-11-3-2-4-14(17)16(11)9-10-18-13-7-5-12(15)6-8-13/h2-8H,9-10H2,1H3. The Morgan fingerprint density at radius 3 is 2.56 bits per heavy atom. The van der Waals surface area contributed by atoms with Crippen molar-refractivity contribution in [3.63, 3.8) is 0 Å². The fraction of sp³-hybridized carbons (Fsp3) is 0.214. The van der Waals surface area contributed by atoms with Crippen molar-refractivity contribution < 1.29 is 4.74 Å². The van der Waals surface area contributed by atoms with Crippen LogP contribution in [0.4, 0.5) is 0 Å². The normalized spacial score (nSPS) is 10.3. The maximum atomic E-state index is 11.6. The highest BCUT2D eigenvalue weighted by molar-refractivity contribution is 9.10. The van der Waals surface area contributed by atoms with Crippen molar-refractivity contribution in [3.05, 3.63) is 63.0 Å². The van der Waals surface area contributed by atoms with Gasteiger partial charge in [0.05, 0.1) is 6.54 Å². The van der Waals surface area contributed by atoms with Crippen molar-refractivity contribution >= 4 is 15.9 Å². The molecule has 1 aromatic carbocycles. The smallest absolute Gasteiger partial charge is 0.250 e. The lowest BCUT2D eigenvalue weighted by atomic mass is 10.3. The van der Waals surface area contributed by atoms with E-state index >= 15 is 0 Å². The molecule has 0 aliphatic carbocycles. The van der Waals surface area contributed by atoms with Gasteiger partial charge in [-0.05, 0) is 37.3 Å². The van der Waals surface area contributed by atoms with Gasteiger partial charge in [0.1, 0.15) is 12.4 Å². The Labute approximate surface area is 114 Å². The van der Waals surface area contributed by atoms with Gasteiger partial charge in [0.25, 0.3) is 5.56 Å². The average Bonchev–Trinajstić information content (AvgIpc) is 2.35. The maximum Gasteiger partial charge on any atom is 0.250 e. The Morgan fingerprint density at radius 2 is 1.89 bits per heavy atom. The molecular weight excluding hydrogens is 294 g/mol. The first-order chi connectivity index (χ1) is 8.66. The third kappa shape index (κ3) is 3.23. The second-order valence-electron chi connectivity index (χ2n) is 3.96. The molecule has 0 amide bonds. The van der Waals surface area contributed by atoms with Gasteiger partial charge in [0.15, 0.2) is 0 Å². The quantitative estimate of drug-likeness (QED) is 0.869. The number of hydrogen-bond acceptors (Lipinski definition) is 2. The van der Waals surface area contributed by atoms with Gasteiger partial charge in [-0.15, -0.1) is 0 Å². The molecule has 94 valence electrons. The van der Waals surface area contributed by atoms with E-state index in [4.69, 9.17) is 4.74 Å². The van der Waals surface area contributed by atoms with E-state index in [1.54, 1.807) is 16.7 Å². The monoisotopic (exact) mass is 307 g/mol. The summed E-state index contributed by atoms with van der Waals surface area (Å²) in [5.74, 6) is 0.805. The molecule has 0 saturated heterocycles. The molecule has 0 bridgehead atoms. The number of pyridine rings is 1. The molecule has 1 aromatic heterocycles. The fourth-order valence-electron chi connectivity index (χ4n) is 1.70. The zero-order valence-electron chi connectivity index (χ0n) is 10.1. The molecule has 0 spiro atoms. The van der Waals surface area contributed by atoms with Gasteiger partial charge in [-0.1, -0.05) is 22.0 Å². The lowest BCUT2D eigenvalue weighted by Gasteiger charge is -2.10. The highest BCUT2D eigenvalue weighted by Gasteiger charge is 1.99. The summed E-state index contributed by atoms with van der Waals surface area (Å²) in [6.07, 6.45) is 0. The van der Waals surface area contributed by atoms with Crippen molar-refractivity contribution in [1.29, 1.82) is 0 Å². The SMILES string of the molecule is Cc1cccc(=O)n1CCOc1ccc(Br)cc1. The zero-order valence-corrected chi connectivity index (χ0v) is 11.7. The molecule has 0 radical (unpaired) electrons. The first-order valence-electron chi connectivity index (χ1n) is 5.71. The molecule has 3 nitrogen and oxygen atoms in total. The number of halogens is 1. The number of ether oxygens (including phenoxy) is 1. The van der Waals surface area contributed by atoms with Crippen molar-refractivity contribution in [1.82, 2.24) is 4.57 Å². The van der Waals surface area contributed by atoms with Crippen LogP contribution in [0.15, 0.2) is 51.7 Å². The van der Waals surface area contributed by atoms with Crippen LogP contribution in [0.5, 0.6) is 5.75 Å². The van der Waals surface area contributed by atoms with E-state index in [0.717, 1.165) is 15.9 Å². The highest BCUT2D eigenvalue weighted by Crippen LogP contribution is 2.15. The van der Waals surface area contributed by atoms with Gasteiger partial charge >= 0.3 is 0 Å². The van der Waals surface area contributed by atoms with Crippen molar-refractivity contribution in [2.45, 2.75) is 13.5 Å². The van der Waals surface area contributed by atoms with Crippen LogP contribution in [0.3, 0.4) is 0 Å². The summed E-state index contributed by atoms with van der Waals surface area (Å²) in [7, 11) is 0. The summed E-state index contributed by atoms with van der Waals surface area (Å²) in [5, 5.41) is 0. The van der Waals surface area contributed by atoms with Crippen molar-refractivity contribution in [2.24, 2.45) is 0 Å². The van der Waals surface area contributed by atoms with Gasteiger partial charge in [-0.2, -0.15) is 0 Å². The molecule has 0 N–H and O–H groups in total. The average molecular weight is 308 g/mol. The minimum atomic E-state index is 0.00871. The van der Waals surface area contributed by atoms with Gasteiger partial charge in [0.2, 0.25) is 0 Å². The second-order valence-corrected chi connectivity index (χ2v) is 4.88. The summed E-state index contributed by atoms with van der Waals surface area (Å²) >= 11 is 3.37. The molecule has 1 heterocycles. The number of aromatic nitrogens is 1. The Hall–Kier alpha value is -1.55. The Bertz CT molecular complexity index is 575. The van der Waals surface area contributed by atoms with E-state index in [-0.39, 0.29) is 5.56 Å². The van der Waals surface area contributed by atoms with Crippen LogP contribution in [0.1, 0.15) is 5.69 Å². The van der Waals surface area contributed by atoms with Crippen LogP contribution in [0.2, 0.25) is 0 Å². The van der Waals surface area contributed by atoms with Gasteiger partial charge in [0, 0.05) is 16.2 Å².